The lowest BCUT2D eigenvalue weighted by molar-refractivity contribution is -0.141. The SMILES string of the molecule is COc1ccccc1C(=O)N1CC(=O)CC1C(=O)O. The van der Waals surface area contributed by atoms with Crippen LogP contribution in [0.3, 0.4) is 0 Å². The van der Waals surface area contributed by atoms with E-state index < -0.39 is 17.9 Å². The number of hydrogen-bond donors (Lipinski definition) is 1. The molecule has 19 heavy (non-hydrogen) atoms. The van der Waals surface area contributed by atoms with E-state index in [-0.39, 0.29) is 24.3 Å². The van der Waals surface area contributed by atoms with Crippen LogP contribution in [0.15, 0.2) is 24.3 Å². The molecular weight excluding hydrogens is 250 g/mol. The molecule has 6 heteroatoms. The Morgan fingerprint density at radius 2 is 2.05 bits per heavy atom. The number of hydrogen-bond acceptors (Lipinski definition) is 4. The van der Waals surface area contributed by atoms with E-state index in [9.17, 15) is 14.4 Å². The van der Waals surface area contributed by atoms with Gasteiger partial charge in [0.2, 0.25) is 0 Å². The van der Waals surface area contributed by atoms with Crippen molar-refractivity contribution >= 4 is 17.7 Å². The summed E-state index contributed by atoms with van der Waals surface area (Å²) in [4.78, 5) is 35.8. The average molecular weight is 263 g/mol. The Kier molecular flexibility index (Phi) is 3.50. The Bertz CT molecular complexity index is 540. The number of ketones is 1. The van der Waals surface area contributed by atoms with Crippen LogP contribution in [-0.2, 0) is 9.59 Å². The molecule has 0 bridgehead atoms. The van der Waals surface area contributed by atoms with Gasteiger partial charge >= 0.3 is 5.97 Å². The largest absolute Gasteiger partial charge is 0.496 e. The van der Waals surface area contributed by atoms with Crippen LogP contribution in [0.5, 0.6) is 5.75 Å². The maximum atomic E-state index is 12.3. The molecule has 1 fully saturated rings. The van der Waals surface area contributed by atoms with Gasteiger partial charge in [0, 0.05) is 6.42 Å². The lowest BCUT2D eigenvalue weighted by Crippen LogP contribution is -2.40. The van der Waals surface area contributed by atoms with Crippen molar-refractivity contribution in [3.8, 4) is 5.75 Å². The van der Waals surface area contributed by atoms with E-state index in [1.54, 1.807) is 24.3 Å². The summed E-state index contributed by atoms with van der Waals surface area (Å²) in [7, 11) is 1.43. The zero-order valence-corrected chi connectivity index (χ0v) is 10.3. The Labute approximate surface area is 109 Å². The molecular formula is C13H13NO5. The van der Waals surface area contributed by atoms with Crippen molar-refractivity contribution in [2.24, 2.45) is 0 Å². The minimum atomic E-state index is -1.17. The maximum Gasteiger partial charge on any atom is 0.326 e. The number of carboxylic acid groups (broad SMARTS) is 1. The molecule has 0 radical (unpaired) electrons. The summed E-state index contributed by atoms with van der Waals surface area (Å²) in [5.74, 6) is -1.57. The third-order valence-corrected chi connectivity index (χ3v) is 3.03. The number of likely N-dealkylation sites (tertiary alicyclic amines) is 1. The molecule has 1 saturated heterocycles. The number of ether oxygens (including phenoxy) is 1. The Morgan fingerprint density at radius 3 is 2.68 bits per heavy atom. The predicted molar refractivity (Wildman–Crippen MR) is 65.1 cm³/mol. The number of carboxylic acids is 1. The van der Waals surface area contributed by atoms with E-state index >= 15 is 0 Å². The minimum Gasteiger partial charge on any atom is -0.496 e. The van der Waals surface area contributed by atoms with Crippen molar-refractivity contribution < 1.29 is 24.2 Å². The first-order chi connectivity index (χ1) is 9.04. The van der Waals surface area contributed by atoms with Gasteiger partial charge in [-0.3, -0.25) is 9.59 Å². The Balaban J connectivity index is 2.33. The van der Waals surface area contributed by atoms with Gasteiger partial charge in [0.15, 0.2) is 5.78 Å². The molecule has 1 unspecified atom stereocenters. The number of carbonyl (C=O) groups is 3. The first-order valence-electron chi connectivity index (χ1n) is 5.73. The van der Waals surface area contributed by atoms with Crippen molar-refractivity contribution in [2.75, 3.05) is 13.7 Å². The van der Waals surface area contributed by atoms with Crippen LogP contribution in [-0.4, -0.2) is 47.4 Å². The highest BCUT2D eigenvalue weighted by Gasteiger charge is 2.39. The van der Waals surface area contributed by atoms with Gasteiger partial charge in [0.1, 0.15) is 11.8 Å². The maximum absolute atomic E-state index is 12.3. The molecule has 1 aromatic rings. The fourth-order valence-corrected chi connectivity index (χ4v) is 2.10. The third-order valence-electron chi connectivity index (χ3n) is 3.03. The van der Waals surface area contributed by atoms with Crippen LogP contribution in [0, 0.1) is 0 Å². The van der Waals surface area contributed by atoms with Crippen molar-refractivity contribution in [1.29, 1.82) is 0 Å². The first kappa shape index (κ1) is 13.1. The number of amides is 1. The highest BCUT2D eigenvalue weighted by atomic mass is 16.5. The molecule has 1 amide bonds. The van der Waals surface area contributed by atoms with Gasteiger partial charge in [0.05, 0.1) is 19.2 Å². The summed E-state index contributed by atoms with van der Waals surface area (Å²) < 4.78 is 5.07. The highest BCUT2D eigenvalue weighted by molar-refractivity contribution is 6.04. The number of aliphatic carboxylic acids is 1. The third kappa shape index (κ3) is 2.42. The molecule has 0 spiro atoms. The standard InChI is InChI=1S/C13H13NO5/c1-19-11-5-3-2-4-9(11)12(16)14-7-8(15)6-10(14)13(17)18/h2-5,10H,6-7H2,1H3,(H,17,18). The van der Waals surface area contributed by atoms with Crippen LogP contribution >= 0.6 is 0 Å². The second-order valence-electron chi connectivity index (χ2n) is 4.23. The lowest BCUT2D eigenvalue weighted by atomic mass is 10.1. The fraction of sp³-hybridized carbons (Fsp3) is 0.308. The summed E-state index contributed by atoms with van der Waals surface area (Å²) >= 11 is 0. The topological polar surface area (TPSA) is 83.9 Å². The summed E-state index contributed by atoms with van der Waals surface area (Å²) in [6.45, 7) is -0.173. The van der Waals surface area contributed by atoms with Crippen molar-refractivity contribution in [1.82, 2.24) is 4.90 Å². The van der Waals surface area contributed by atoms with Gasteiger partial charge in [-0.05, 0) is 12.1 Å². The summed E-state index contributed by atoms with van der Waals surface area (Å²) in [5.41, 5.74) is 0.256. The van der Waals surface area contributed by atoms with Gasteiger partial charge < -0.3 is 14.7 Å². The number of benzene rings is 1. The predicted octanol–water partition coefficient (Wildman–Crippen LogP) is 0.563. The zero-order valence-electron chi connectivity index (χ0n) is 10.3. The van der Waals surface area contributed by atoms with E-state index in [1.165, 1.54) is 7.11 Å². The van der Waals surface area contributed by atoms with Crippen LogP contribution in [0.1, 0.15) is 16.8 Å². The molecule has 1 N–H and O–H groups in total. The van der Waals surface area contributed by atoms with Gasteiger partial charge in [-0.2, -0.15) is 0 Å². The van der Waals surface area contributed by atoms with Crippen LogP contribution in [0.25, 0.3) is 0 Å². The smallest absolute Gasteiger partial charge is 0.326 e. The molecule has 1 atom stereocenters. The van der Waals surface area contributed by atoms with Crippen molar-refractivity contribution in [3.05, 3.63) is 29.8 Å². The highest BCUT2D eigenvalue weighted by Crippen LogP contribution is 2.23. The minimum absolute atomic E-state index is 0.143. The molecule has 1 aromatic carbocycles. The summed E-state index contributed by atoms with van der Waals surface area (Å²) in [6.07, 6.45) is -0.143. The van der Waals surface area contributed by atoms with E-state index in [4.69, 9.17) is 9.84 Å². The Hall–Kier alpha value is -2.37. The monoisotopic (exact) mass is 263 g/mol. The molecule has 0 aromatic heterocycles. The average Bonchev–Trinajstić information content (AvgIpc) is 2.80. The second kappa shape index (κ2) is 5.09. The number of nitrogens with zero attached hydrogens (tertiary/aromatic N) is 1. The van der Waals surface area contributed by atoms with Crippen molar-refractivity contribution in [3.63, 3.8) is 0 Å². The number of para-hydroxylation sites is 1. The van der Waals surface area contributed by atoms with Crippen molar-refractivity contribution in [2.45, 2.75) is 12.5 Å². The summed E-state index contributed by atoms with van der Waals surface area (Å²) in [5, 5.41) is 9.05. The fourth-order valence-electron chi connectivity index (χ4n) is 2.10. The number of carbonyl (C=O) groups excluding carboxylic acids is 2. The van der Waals surface area contributed by atoms with Gasteiger partial charge in [-0.15, -0.1) is 0 Å². The number of methoxy groups -OCH3 is 1. The van der Waals surface area contributed by atoms with E-state index in [1.807, 2.05) is 0 Å². The van der Waals surface area contributed by atoms with Gasteiger partial charge in [-0.1, -0.05) is 12.1 Å². The lowest BCUT2D eigenvalue weighted by Gasteiger charge is -2.21. The number of rotatable bonds is 3. The summed E-state index contributed by atoms with van der Waals surface area (Å²) in [6, 6.07) is 5.43. The van der Waals surface area contributed by atoms with Crippen LogP contribution in [0.4, 0.5) is 0 Å². The quantitative estimate of drug-likeness (QED) is 0.861. The molecule has 6 nitrogen and oxygen atoms in total. The molecule has 1 aliphatic rings. The molecule has 0 saturated carbocycles. The zero-order chi connectivity index (χ0) is 14.0. The van der Waals surface area contributed by atoms with Gasteiger partial charge in [0.25, 0.3) is 5.91 Å². The molecule has 1 heterocycles. The molecule has 1 aliphatic heterocycles. The second-order valence-corrected chi connectivity index (χ2v) is 4.23. The van der Waals surface area contributed by atoms with Gasteiger partial charge in [-0.25, -0.2) is 4.79 Å². The van der Waals surface area contributed by atoms with E-state index in [0.29, 0.717) is 5.75 Å². The van der Waals surface area contributed by atoms with Crippen LogP contribution < -0.4 is 4.74 Å². The Morgan fingerprint density at radius 1 is 1.37 bits per heavy atom. The normalized spacial score (nSPS) is 18.5. The van der Waals surface area contributed by atoms with E-state index in [2.05, 4.69) is 0 Å². The molecule has 2 rings (SSSR count). The molecule has 100 valence electrons. The first-order valence-corrected chi connectivity index (χ1v) is 5.73. The van der Waals surface area contributed by atoms with Crippen LogP contribution in [0.2, 0.25) is 0 Å². The van der Waals surface area contributed by atoms with E-state index in [0.717, 1.165) is 4.90 Å². The molecule has 0 aliphatic carbocycles. The number of Topliss-reactive ketones (excluding diaryl/α,β-unsaturated/α-hetero) is 1.